The average molecular weight is 309 g/mol. The van der Waals surface area contributed by atoms with Gasteiger partial charge in [-0.15, -0.1) is 0 Å². The lowest BCUT2D eigenvalue weighted by atomic mass is 9.99. The highest BCUT2D eigenvalue weighted by Gasteiger charge is 2.12. The largest absolute Gasteiger partial charge is 0.393 e. The molecule has 2 rings (SSSR count). The second-order valence-electron chi connectivity index (χ2n) is 5.02. The topological polar surface area (TPSA) is 20.2 Å². The minimum atomic E-state index is -0.438. The van der Waals surface area contributed by atoms with Crippen molar-refractivity contribution in [3.05, 3.63) is 69.2 Å². The molecule has 1 unspecified atom stereocenters. The number of aliphatic hydroxyl groups is 1. The van der Waals surface area contributed by atoms with Crippen molar-refractivity contribution in [1.82, 2.24) is 0 Å². The van der Waals surface area contributed by atoms with E-state index >= 15 is 0 Å². The van der Waals surface area contributed by atoms with Crippen LogP contribution in [0, 0.1) is 6.92 Å². The number of aliphatic hydroxyl groups excluding tert-OH is 1. The minimum Gasteiger partial charge on any atom is -0.393 e. The number of benzene rings is 2. The summed E-state index contributed by atoms with van der Waals surface area (Å²) in [5, 5.41) is 11.4. The van der Waals surface area contributed by atoms with Crippen molar-refractivity contribution in [1.29, 1.82) is 0 Å². The minimum absolute atomic E-state index is 0.438. The van der Waals surface area contributed by atoms with Gasteiger partial charge in [-0.2, -0.15) is 0 Å². The summed E-state index contributed by atoms with van der Waals surface area (Å²) in [6.07, 6.45) is 1.61. The van der Waals surface area contributed by atoms with E-state index in [1.165, 1.54) is 11.1 Å². The fourth-order valence-electron chi connectivity index (χ4n) is 2.28. The highest BCUT2D eigenvalue weighted by atomic mass is 35.5. The molecule has 0 aliphatic carbocycles. The van der Waals surface area contributed by atoms with Gasteiger partial charge in [0.1, 0.15) is 0 Å². The van der Waals surface area contributed by atoms with Gasteiger partial charge in [-0.25, -0.2) is 0 Å². The third-order valence-electron chi connectivity index (χ3n) is 3.51. The standard InChI is InChI=1S/C17H18Cl2O/c1-12-5-2-3-6-13(12)9-10-14(20)11-15-16(18)7-4-8-17(15)19/h2-8,14,20H,9-11H2,1H3. The van der Waals surface area contributed by atoms with Crippen LogP contribution in [0.15, 0.2) is 42.5 Å². The molecule has 2 aromatic carbocycles. The van der Waals surface area contributed by atoms with Crippen LogP contribution < -0.4 is 0 Å². The van der Waals surface area contributed by atoms with Gasteiger partial charge in [-0.05, 0) is 48.6 Å². The Kier molecular flexibility index (Phi) is 5.47. The van der Waals surface area contributed by atoms with Gasteiger partial charge in [0.25, 0.3) is 0 Å². The van der Waals surface area contributed by atoms with Gasteiger partial charge in [-0.1, -0.05) is 53.5 Å². The molecule has 0 aromatic heterocycles. The van der Waals surface area contributed by atoms with Crippen LogP contribution in [0.2, 0.25) is 10.0 Å². The normalized spacial score (nSPS) is 12.4. The molecule has 0 spiro atoms. The first-order valence-corrected chi connectivity index (χ1v) is 7.49. The molecular weight excluding hydrogens is 291 g/mol. The zero-order valence-corrected chi connectivity index (χ0v) is 13.0. The zero-order chi connectivity index (χ0) is 14.5. The van der Waals surface area contributed by atoms with E-state index in [2.05, 4.69) is 19.1 Å². The Morgan fingerprint density at radius 3 is 2.30 bits per heavy atom. The lowest BCUT2D eigenvalue weighted by Crippen LogP contribution is -2.12. The molecule has 2 aromatic rings. The van der Waals surface area contributed by atoms with Gasteiger partial charge in [0.05, 0.1) is 6.10 Å². The Bertz CT molecular complexity index is 561. The maximum absolute atomic E-state index is 10.2. The average Bonchev–Trinajstić information content (AvgIpc) is 2.42. The molecule has 20 heavy (non-hydrogen) atoms. The van der Waals surface area contributed by atoms with Gasteiger partial charge in [0.2, 0.25) is 0 Å². The molecule has 0 saturated heterocycles. The van der Waals surface area contributed by atoms with Gasteiger partial charge >= 0.3 is 0 Å². The number of hydrogen-bond acceptors (Lipinski definition) is 1. The van der Waals surface area contributed by atoms with Crippen molar-refractivity contribution in [2.24, 2.45) is 0 Å². The molecule has 1 N–H and O–H groups in total. The van der Waals surface area contributed by atoms with E-state index in [0.717, 1.165) is 12.0 Å². The van der Waals surface area contributed by atoms with Crippen LogP contribution in [0.1, 0.15) is 23.1 Å². The molecule has 0 bridgehead atoms. The monoisotopic (exact) mass is 308 g/mol. The molecule has 0 aliphatic heterocycles. The lowest BCUT2D eigenvalue weighted by molar-refractivity contribution is 0.165. The predicted octanol–water partition coefficient (Wildman–Crippen LogP) is 4.84. The SMILES string of the molecule is Cc1ccccc1CCC(O)Cc1c(Cl)cccc1Cl. The molecule has 0 radical (unpaired) electrons. The number of rotatable bonds is 5. The Balaban J connectivity index is 1.96. The van der Waals surface area contributed by atoms with Crippen LogP contribution in [-0.2, 0) is 12.8 Å². The second kappa shape index (κ2) is 7.12. The van der Waals surface area contributed by atoms with Crippen molar-refractivity contribution < 1.29 is 5.11 Å². The summed E-state index contributed by atoms with van der Waals surface area (Å²) < 4.78 is 0. The van der Waals surface area contributed by atoms with Gasteiger partial charge in [0.15, 0.2) is 0 Å². The van der Waals surface area contributed by atoms with Crippen LogP contribution in [-0.4, -0.2) is 11.2 Å². The summed E-state index contributed by atoms with van der Waals surface area (Å²) in [4.78, 5) is 0. The van der Waals surface area contributed by atoms with E-state index < -0.39 is 6.10 Å². The predicted molar refractivity (Wildman–Crippen MR) is 85.7 cm³/mol. The lowest BCUT2D eigenvalue weighted by Gasteiger charge is -2.14. The van der Waals surface area contributed by atoms with Gasteiger partial charge < -0.3 is 5.11 Å². The van der Waals surface area contributed by atoms with E-state index in [9.17, 15) is 5.11 Å². The van der Waals surface area contributed by atoms with Crippen LogP contribution in [0.5, 0.6) is 0 Å². The van der Waals surface area contributed by atoms with Crippen molar-refractivity contribution in [3.63, 3.8) is 0 Å². The van der Waals surface area contributed by atoms with E-state index in [1.807, 2.05) is 18.2 Å². The molecule has 106 valence electrons. The Labute approximate surface area is 130 Å². The number of halogens is 2. The summed E-state index contributed by atoms with van der Waals surface area (Å²) in [5.74, 6) is 0. The fraction of sp³-hybridized carbons (Fsp3) is 0.294. The number of aryl methyl sites for hydroxylation is 2. The fourth-order valence-corrected chi connectivity index (χ4v) is 2.83. The molecular formula is C17H18Cl2O. The van der Waals surface area contributed by atoms with Crippen LogP contribution in [0.25, 0.3) is 0 Å². The summed E-state index contributed by atoms with van der Waals surface area (Å²) in [6.45, 7) is 2.09. The molecule has 0 amide bonds. The molecule has 0 fully saturated rings. The Morgan fingerprint density at radius 2 is 1.65 bits per heavy atom. The summed E-state index contributed by atoms with van der Waals surface area (Å²) in [5.41, 5.74) is 3.36. The van der Waals surface area contributed by atoms with Gasteiger partial charge in [-0.3, -0.25) is 0 Å². The zero-order valence-electron chi connectivity index (χ0n) is 11.4. The molecule has 1 atom stereocenters. The van der Waals surface area contributed by atoms with Crippen molar-refractivity contribution in [2.45, 2.75) is 32.3 Å². The van der Waals surface area contributed by atoms with E-state index in [1.54, 1.807) is 12.1 Å². The van der Waals surface area contributed by atoms with E-state index in [-0.39, 0.29) is 0 Å². The molecule has 1 nitrogen and oxygen atoms in total. The summed E-state index contributed by atoms with van der Waals surface area (Å²) >= 11 is 12.2. The highest BCUT2D eigenvalue weighted by molar-refractivity contribution is 6.35. The van der Waals surface area contributed by atoms with E-state index in [0.29, 0.717) is 22.9 Å². The molecule has 3 heteroatoms. The van der Waals surface area contributed by atoms with Crippen molar-refractivity contribution in [3.8, 4) is 0 Å². The van der Waals surface area contributed by atoms with Crippen molar-refractivity contribution >= 4 is 23.2 Å². The summed E-state index contributed by atoms with van der Waals surface area (Å²) in [6, 6.07) is 13.7. The van der Waals surface area contributed by atoms with E-state index in [4.69, 9.17) is 23.2 Å². The number of hydrogen-bond donors (Lipinski definition) is 1. The Hall–Kier alpha value is -1.02. The molecule has 0 aliphatic rings. The first-order chi connectivity index (χ1) is 9.58. The van der Waals surface area contributed by atoms with Crippen LogP contribution in [0.3, 0.4) is 0 Å². The third kappa shape index (κ3) is 3.99. The first-order valence-electron chi connectivity index (χ1n) is 6.73. The highest BCUT2D eigenvalue weighted by Crippen LogP contribution is 2.26. The molecule has 0 heterocycles. The van der Waals surface area contributed by atoms with Gasteiger partial charge in [0, 0.05) is 16.5 Å². The quantitative estimate of drug-likeness (QED) is 0.838. The van der Waals surface area contributed by atoms with Crippen LogP contribution >= 0.6 is 23.2 Å². The first kappa shape index (κ1) is 15.4. The third-order valence-corrected chi connectivity index (χ3v) is 4.22. The Morgan fingerprint density at radius 1 is 1.00 bits per heavy atom. The maximum atomic E-state index is 10.2. The molecule has 0 saturated carbocycles. The maximum Gasteiger partial charge on any atom is 0.0584 e. The second-order valence-corrected chi connectivity index (χ2v) is 5.84. The summed E-state index contributed by atoms with van der Waals surface area (Å²) in [7, 11) is 0. The smallest absolute Gasteiger partial charge is 0.0584 e. The van der Waals surface area contributed by atoms with Crippen molar-refractivity contribution in [2.75, 3.05) is 0 Å². The van der Waals surface area contributed by atoms with Crippen LogP contribution in [0.4, 0.5) is 0 Å².